The molecule has 2 N–H and O–H groups in total. The molecule has 28 heavy (non-hydrogen) atoms. The molecular formula is C23H21ClN2O2. The van der Waals surface area contributed by atoms with Crippen molar-refractivity contribution in [2.45, 2.75) is 19.3 Å². The number of para-hydroxylation sites is 1. The summed E-state index contributed by atoms with van der Waals surface area (Å²) in [7, 11) is 0. The molecule has 3 aromatic rings. The SMILES string of the molecule is CC[C@H](C(=O)Nc1ccc(C(=O)Nc2ccccc2Cl)cc1)c1ccccc1. The van der Waals surface area contributed by atoms with E-state index in [4.69, 9.17) is 11.6 Å². The van der Waals surface area contributed by atoms with Crippen LogP contribution in [-0.2, 0) is 4.79 Å². The van der Waals surface area contributed by atoms with E-state index >= 15 is 0 Å². The van der Waals surface area contributed by atoms with E-state index < -0.39 is 0 Å². The zero-order valence-corrected chi connectivity index (χ0v) is 16.2. The average Bonchev–Trinajstić information content (AvgIpc) is 2.71. The van der Waals surface area contributed by atoms with Gasteiger partial charge in [-0.3, -0.25) is 9.59 Å². The minimum atomic E-state index is -0.262. The third-order valence-corrected chi connectivity index (χ3v) is 4.79. The van der Waals surface area contributed by atoms with Gasteiger partial charge in [-0.25, -0.2) is 0 Å². The summed E-state index contributed by atoms with van der Waals surface area (Å²) in [4.78, 5) is 25.0. The first-order valence-corrected chi connectivity index (χ1v) is 9.48. The second-order valence-electron chi connectivity index (χ2n) is 6.37. The minimum Gasteiger partial charge on any atom is -0.326 e. The van der Waals surface area contributed by atoms with Gasteiger partial charge in [0.2, 0.25) is 5.91 Å². The van der Waals surface area contributed by atoms with Crippen molar-refractivity contribution in [3.05, 3.63) is 95.0 Å². The number of halogens is 1. The molecule has 0 saturated heterocycles. The highest BCUT2D eigenvalue weighted by Gasteiger charge is 2.18. The molecule has 0 radical (unpaired) electrons. The molecule has 0 aromatic heterocycles. The highest BCUT2D eigenvalue weighted by atomic mass is 35.5. The van der Waals surface area contributed by atoms with E-state index in [9.17, 15) is 9.59 Å². The van der Waals surface area contributed by atoms with Gasteiger partial charge in [0.15, 0.2) is 0 Å². The number of amides is 2. The molecule has 0 aliphatic carbocycles. The predicted molar refractivity (Wildman–Crippen MR) is 114 cm³/mol. The van der Waals surface area contributed by atoms with Gasteiger partial charge >= 0.3 is 0 Å². The molecule has 1 atom stereocenters. The molecule has 4 nitrogen and oxygen atoms in total. The molecule has 0 heterocycles. The molecule has 0 saturated carbocycles. The number of benzene rings is 3. The Morgan fingerprint density at radius 3 is 2.14 bits per heavy atom. The molecule has 0 bridgehead atoms. The van der Waals surface area contributed by atoms with Crippen LogP contribution in [0.4, 0.5) is 11.4 Å². The van der Waals surface area contributed by atoms with Crippen molar-refractivity contribution in [1.82, 2.24) is 0 Å². The number of anilines is 2. The second kappa shape index (κ2) is 9.20. The van der Waals surface area contributed by atoms with Gasteiger partial charge in [0, 0.05) is 11.3 Å². The molecule has 0 fully saturated rings. The fraction of sp³-hybridized carbons (Fsp3) is 0.130. The van der Waals surface area contributed by atoms with E-state index in [0.717, 1.165) is 5.56 Å². The maximum Gasteiger partial charge on any atom is 0.255 e. The lowest BCUT2D eigenvalue weighted by molar-refractivity contribution is -0.117. The monoisotopic (exact) mass is 392 g/mol. The van der Waals surface area contributed by atoms with Crippen LogP contribution in [0.25, 0.3) is 0 Å². The number of carbonyl (C=O) groups is 2. The van der Waals surface area contributed by atoms with Crippen molar-refractivity contribution in [3.63, 3.8) is 0 Å². The molecule has 3 rings (SSSR count). The van der Waals surface area contributed by atoms with Crippen molar-refractivity contribution in [2.24, 2.45) is 0 Å². The summed E-state index contributed by atoms with van der Waals surface area (Å²) >= 11 is 6.07. The standard InChI is InChI=1S/C23H21ClN2O2/c1-2-19(16-8-4-3-5-9-16)23(28)25-18-14-12-17(13-15-18)22(27)26-21-11-7-6-10-20(21)24/h3-15,19H,2H2,1H3,(H,25,28)(H,26,27)/t19-/m0/s1. The van der Waals surface area contributed by atoms with Gasteiger partial charge in [0.1, 0.15) is 0 Å². The van der Waals surface area contributed by atoms with Gasteiger partial charge in [-0.05, 0) is 48.4 Å². The second-order valence-corrected chi connectivity index (χ2v) is 6.78. The first kappa shape index (κ1) is 19.6. The van der Waals surface area contributed by atoms with Crippen LogP contribution in [0.2, 0.25) is 5.02 Å². The molecule has 3 aromatic carbocycles. The van der Waals surface area contributed by atoms with Crippen molar-refractivity contribution < 1.29 is 9.59 Å². The summed E-state index contributed by atoms with van der Waals surface area (Å²) in [6, 6.07) is 23.5. The number of hydrogen-bond donors (Lipinski definition) is 2. The van der Waals surface area contributed by atoms with Crippen LogP contribution in [0, 0.1) is 0 Å². The summed E-state index contributed by atoms with van der Waals surface area (Å²) in [6.45, 7) is 1.99. The van der Waals surface area contributed by atoms with Crippen molar-refractivity contribution in [3.8, 4) is 0 Å². The lowest BCUT2D eigenvalue weighted by Gasteiger charge is -2.15. The summed E-state index contributed by atoms with van der Waals surface area (Å²) in [5.41, 5.74) is 2.67. The third kappa shape index (κ3) is 4.78. The van der Waals surface area contributed by atoms with Crippen molar-refractivity contribution in [1.29, 1.82) is 0 Å². The van der Waals surface area contributed by atoms with Crippen LogP contribution < -0.4 is 10.6 Å². The Morgan fingerprint density at radius 2 is 1.50 bits per heavy atom. The Balaban J connectivity index is 1.66. The Labute approximate surface area is 169 Å². The van der Waals surface area contributed by atoms with Crippen LogP contribution in [0.3, 0.4) is 0 Å². The fourth-order valence-corrected chi connectivity index (χ4v) is 3.13. The van der Waals surface area contributed by atoms with Crippen LogP contribution in [0.1, 0.15) is 35.2 Å². The largest absolute Gasteiger partial charge is 0.326 e. The minimum absolute atomic E-state index is 0.0676. The quantitative estimate of drug-likeness (QED) is 0.563. The topological polar surface area (TPSA) is 58.2 Å². The summed E-state index contributed by atoms with van der Waals surface area (Å²) in [6.07, 6.45) is 0.703. The predicted octanol–water partition coefficient (Wildman–Crippen LogP) is 5.72. The van der Waals surface area contributed by atoms with Crippen LogP contribution in [-0.4, -0.2) is 11.8 Å². The van der Waals surface area contributed by atoms with Crippen LogP contribution in [0.15, 0.2) is 78.9 Å². The van der Waals surface area contributed by atoms with E-state index in [-0.39, 0.29) is 17.7 Å². The van der Waals surface area contributed by atoms with Gasteiger partial charge in [0.25, 0.3) is 5.91 Å². The zero-order valence-electron chi connectivity index (χ0n) is 15.5. The molecule has 5 heteroatoms. The molecule has 0 aliphatic rings. The lowest BCUT2D eigenvalue weighted by Crippen LogP contribution is -2.20. The van der Waals surface area contributed by atoms with Crippen molar-refractivity contribution >= 4 is 34.8 Å². The van der Waals surface area contributed by atoms with Gasteiger partial charge in [-0.1, -0.05) is 61.0 Å². The summed E-state index contributed by atoms with van der Waals surface area (Å²) in [5.74, 6) is -0.548. The molecule has 0 unspecified atom stereocenters. The van der Waals surface area contributed by atoms with Gasteiger partial charge in [-0.2, -0.15) is 0 Å². The number of rotatable bonds is 6. The summed E-state index contributed by atoms with van der Waals surface area (Å²) < 4.78 is 0. The number of carbonyl (C=O) groups excluding carboxylic acids is 2. The molecule has 2 amide bonds. The smallest absolute Gasteiger partial charge is 0.255 e. The maximum absolute atomic E-state index is 12.6. The molecule has 0 aliphatic heterocycles. The first-order valence-electron chi connectivity index (χ1n) is 9.10. The van der Waals surface area contributed by atoms with E-state index in [1.54, 1.807) is 48.5 Å². The van der Waals surface area contributed by atoms with Gasteiger partial charge in [0.05, 0.1) is 16.6 Å². The van der Waals surface area contributed by atoms with Crippen molar-refractivity contribution in [2.75, 3.05) is 10.6 Å². The van der Waals surface area contributed by atoms with E-state index in [1.165, 1.54) is 0 Å². The molecular weight excluding hydrogens is 372 g/mol. The van der Waals surface area contributed by atoms with E-state index in [1.807, 2.05) is 37.3 Å². The highest BCUT2D eigenvalue weighted by molar-refractivity contribution is 6.33. The summed E-state index contributed by atoms with van der Waals surface area (Å²) in [5, 5.41) is 6.18. The average molecular weight is 393 g/mol. The number of hydrogen-bond acceptors (Lipinski definition) is 2. The van der Waals surface area contributed by atoms with Crippen LogP contribution >= 0.6 is 11.6 Å². The Bertz CT molecular complexity index is 956. The van der Waals surface area contributed by atoms with Crippen LogP contribution in [0.5, 0.6) is 0 Å². The first-order chi connectivity index (χ1) is 13.6. The number of nitrogens with one attached hydrogen (secondary N) is 2. The Hall–Kier alpha value is -3.11. The van der Waals surface area contributed by atoms with Gasteiger partial charge < -0.3 is 10.6 Å². The molecule has 142 valence electrons. The Morgan fingerprint density at radius 1 is 0.857 bits per heavy atom. The molecule has 0 spiro atoms. The van der Waals surface area contributed by atoms with E-state index in [0.29, 0.717) is 28.4 Å². The highest BCUT2D eigenvalue weighted by Crippen LogP contribution is 2.23. The fourth-order valence-electron chi connectivity index (χ4n) is 2.95. The lowest BCUT2D eigenvalue weighted by atomic mass is 9.95. The third-order valence-electron chi connectivity index (χ3n) is 4.46. The van der Waals surface area contributed by atoms with Gasteiger partial charge in [-0.15, -0.1) is 0 Å². The Kier molecular flexibility index (Phi) is 6.45. The zero-order chi connectivity index (χ0) is 19.9. The maximum atomic E-state index is 12.6. The normalized spacial score (nSPS) is 11.5. The van der Waals surface area contributed by atoms with E-state index in [2.05, 4.69) is 10.6 Å².